The number of amides is 1. The topological polar surface area (TPSA) is 55.4 Å². The monoisotopic (exact) mass is 329 g/mol. The number of hydrogen-bond acceptors (Lipinski definition) is 3. The average molecular weight is 330 g/mol. The second kappa shape index (κ2) is 6.84. The highest BCUT2D eigenvalue weighted by atomic mass is 35.5. The zero-order valence-corrected chi connectivity index (χ0v) is 13.2. The lowest BCUT2D eigenvalue weighted by Gasteiger charge is -2.08. The van der Waals surface area contributed by atoms with Gasteiger partial charge < -0.3 is 10.1 Å². The molecular weight excluding hydrogens is 314 g/mol. The molecule has 0 saturated heterocycles. The van der Waals surface area contributed by atoms with Crippen LogP contribution in [0.15, 0.2) is 42.5 Å². The Bertz CT molecular complexity index is 758. The SMILES string of the molecule is O=C(COC(=O)c1cccc(Cl)c1)Nc1ccc2c(c1)CCC2. The summed E-state index contributed by atoms with van der Waals surface area (Å²) >= 11 is 5.82. The molecule has 0 saturated carbocycles. The number of carbonyl (C=O) groups is 2. The van der Waals surface area contributed by atoms with Gasteiger partial charge >= 0.3 is 5.97 Å². The smallest absolute Gasteiger partial charge is 0.338 e. The van der Waals surface area contributed by atoms with Crippen molar-refractivity contribution in [2.24, 2.45) is 0 Å². The van der Waals surface area contributed by atoms with E-state index in [1.165, 1.54) is 17.2 Å². The first kappa shape index (κ1) is 15.6. The van der Waals surface area contributed by atoms with Crippen molar-refractivity contribution in [3.8, 4) is 0 Å². The van der Waals surface area contributed by atoms with Gasteiger partial charge in [0, 0.05) is 10.7 Å². The number of fused-ring (bicyclic) bond motifs is 1. The van der Waals surface area contributed by atoms with Crippen LogP contribution in [0.4, 0.5) is 5.69 Å². The molecule has 2 aromatic carbocycles. The van der Waals surface area contributed by atoms with Crippen molar-refractivity contribution in [1.29, 1.82) is 0 Å². The molecule has 2 aromatic rings. The highest BCUT2D eigenvalue weighted by Gasteiger charge is 2.13. The largest absolute Gasteiger partial charge is 0.452 e. The molecule has 23 heavy (non-hydrogen) atoms. The summed E-state index contributed by atoms with van der Waals surface area (Å²) in [6.45, 7) is -0.331. The van der Waals surface area contributed by atoms with Gasteiger partial charge in [0.05, 0.1) is 5.56 Å². The Balaban J connectivity index is 1.54. The normalized spacial score (nSPS) is 12.6. The third-order valence-electron chi connectivity index (χ3n) is 3.78. The van der Waals surface area contributed by atoms with Crippen molar-refractivity contribution >= 4 is 29.2 Å². The molecule has 1 amide bonds. The predicted octanol–water partition coefficient (Wildman–Crippen LogP) is 3.62. The maximum Gasteiger partial charge on any atom is 0.338 e. The molecule has 0 aromatic heterocycles. The average Bonchev–Trinajstić information content (AvgIpc) is 3.00. The maximum absolute atomic E-state index is 11.9. The van der Waals surface area contributed by atoms with Crippen LogP contribution in [0, 0.1) is 0 Å². The molecule has 0 fully saturated rings. The van der Waals surface area contributed by atoms with E-state index in [1.54, 1.807) is 18.2 Å². The van der Waals surface area contributed by atoms with Crippen LogP contribution in [-0.2, 0) is 22.4 Å². The van der Waals surface area contributed by atoms with Crippen molar-refractivity contribution in [3.63, 3.8) is 0 Å². The molecule has 1 aliphatic carbocycles. The van der Waals surface area contributed by atoms with E-state index in [2.05, 4.69) is 5.32 Å². The van der Waals surface area contributed by atoms with E-state index in [0.717, 1.165) is 24.9 Å². The molecule has 4 nitrogen and oxygen atoms in total. The van der Waals surface area contributed by atoms with E-state index in [1.807, 2.05) is 18.2 Å². The first-order valence-corrected chi connectivity index (χ1v) is 7.84. The number of esters is 1. The van der Waals surface area contributed by atoms with Gasteiger partial charge in [0.2, 0.25) is 0 Å². The molecule has 0 spiro atoms. The molecule has 0 aliphatic heterocycles. The molecule has 0 radical (unpaired) electrons. The predicted molar refractivity (Wildman–Crippen MR) is 88.8 cm³/mol. The number of hydrogen-bond donors (Lipinski definition) is 1. The quantitative estimate of drug-likeness (QED) is 0.871. The van der Waals surface area contributed by atoms with Crippen LogP contribution < -0.4 is 5.32 Å². The summed E-state index contributed by atoms with van der Waals surface area (Å²) in [5.74, 6) is -0.935. The maximum atomic E-state index is 11.9. The van der Waals surface area contributed by atoms with Crippen molar-refractivity contribution in [1.82, 2.24) is 0 Å². The van der Waals surface area contributed by atoms with Gasteiger partial charge in [-0.15, -0.1) is 0 Å². The molecule has 0 atom stereocenters. The van der Waals surface area contributed by atoms with Gasteiger partial charge in [-0.2, -0.15) is 0 Å². The minimum Gasteiger partial charge on any atom is -0.452 e. The minimum absolute atomic E-state index is 0.322. The summed E-state index contributed by atoms with van der Waals surface area (Å²) in [5.41, 5.74) is 3.67. The molecule has 118 valence electrons. The number of nitrogens with one attached hydrogen (secondary N) is 1. The minimum atomic E-state index is -0.573. The molecule has 5 heteroatoms. The second-order valence-corrected chi connectivity index (χ2v) is 5.91. The van der Waals surface area contributed by atoms with Gasteiger partial charge in [-0.3, -0.25) is 4.79 Å². The Morgan fingerprint density at radius 3 is 2.74 bits per heavy atom. The summed E-state index contributed by atoms with van der Waals surface area (Å²) in [7, 11) is 0. The van der Waals surface area contributed by atoms with Crippen molar-refractivity contribution in [2.45, 2.75) is 19.3 Å². The third kappa shape index (κ3) is 3.90. The Kier molecular flexibility index (Phi) is 4.63. The summed E-state index contributed by atoms with van der Waals surface area (Å²) in [4.78, 5) is 23.7. The zero-order chi connectivity index (χ0) is 16.2. The summed E-state index contributed by atoms with van der Waals surface area (Å²) < 4.78 is 5.00. The Morgan fingerprint density at radius 2 is 1.91 bits per heavy atom. The van der Waals surface area contributed by atoms with Crippen LogP contribution in [0.1, 0.15) is 27.9 Å². The van der Waals surface area contributed by atoms with Gasteiger partial charge in [0.25, 0.3) is 5.91 Å². The lowest BCUT2D eigenvalue weighted by Crippen LogP contribution is -2.21. The van der Waals surface area contributed by atoms with Crippen LogP contribution in [-0.4, -0.2) is 18.5 Å². The number of halogens is 1. The van der Waals surface area contributed by atoms with Crippen LogP contribution in [0.5, 0.6) is 0 Å². The summed E-state index contributed by atoms with van der Waals surface area (Å²) in [6.07, 6.45) is 3.30. The second-order valence-electron chi connectivity index (χ2n) is 5.47. The molecule has 1 N–H and O–H groups in total. The van der Waals surface area contributed by atoms with Gasteiger partial charge in [0.15, 0.2) is 6.61 Å². The summed E-state index contributed by atoms with van der Waals surface area (Å²) in [6, 6.07) is 12.3. The van der Waals surface area contributed by atoms with E-state index >= 15 is 0 Å². The molecule has 0 heterocycles. The third-order valence-corrected chi connectivity index (χ3v) is 4.01. The molecule has 0 bridgehead atoms. The van der Waals surface area contributed by atoms with Crippen molar-refractivity contribution in [2.75, 3.05) is 11.9 Å². The number of aryl methyl sites for hydroxylation is 2. The number of anilines is 1. The highest BCUT2D eigenvalue weighted by Crippen LogP contribution is 2.24. The van der Waals surface area contributed by atoms with Crippen molar-refractivity contribution < 1.29 is 14.3 Å². The highest BCUT2D eigenvalue weighted by molar-refractivity contribution is 6.30. The Labute approximate surface area is 139 Å². The van der Waals surface area contributed by atoms with Gasteiger partial charge in [-0.05, 0) is 60.7 Å². The van der Waals surface area contributed by atoms with E-state index < -0.39 is 5.97 Å². The van der Waals surface area contributed by atoms with Crippen LogP contribution in [0.2, 0.25) is 5.02 Å². The van der Waals surface area contributed by atoms with Gasteiger partial charge in [0.1, 0.15) is 0 Å². The fourth-order valence-corrected chi connectivity index (χ4v) is 2.87. The number of carbonyl (C=O) groups excluding carboxylic acids is 2. The first-order valence-electron chi connectivity index (χ1n) is 7.46. The van der Waals surface area contributed by atoms with Gasteiger partial charge in [-0.25, -0.2) is 4.79 Å². The molecular formula is C18H16ClNO3. The van der Waals surface area contributed by atoms with Crippen LogP contribution in [0.3, 0.4) is 0 Å². The molecule has 3 rings (SSSR count). The van der Waals surface area contributed by atoms with Gasteiger partial charge in [-0.1, -0.05) is 23.7 Å². The van der Waals surface area contributed by atoms with E-state index in [0.29, 0.717) is 10.6 Å². The lowest BCUT2D eigenvalue weighted by molar-refractivity contribution is -0.119. The molecule has 1 aliphatic rings. The van der Waals surface area contributed by atoms with Crippen molar-refractivity contribution in [3.05, 3.63) is 64.2 Å². The lowest BCUT2D eigenvalue weighted by atomic mass is 10.1. The van der Waals surface area contributed by atoms with Crippen LogP contribution >= 0.6 is 11.6 Å². The Hall–Kier alpha value is -2.33. The first-order chi connectivity index (χ1) is 11.1. The number of benzene rings is 2. The fourth-order valence-electron chi connectivity index (χ4n) is 2.68. The van der Waals surface area contributed by atoms with E-state index in [4.69, 9.17) is 16.3 Å². The van der Waals surface area contributed by atoms with E-state index in [9.17, 15) is 9.59 Å². The summed E-state index contributed by atoms with van der Waals surface area (Å²) in [5, 5.41) is 3.19. The molecule has 0 unspecified atom stereocenters. The number of rotatable bonds is 4. The fraction of sp³-hybridized carbons (Fsp3) is 0.222. The zero-order valence-electron chi connectivity index (χ0n) is 12.5. The Morgan fingerprint density at radius 1 is 1.09 bits per heavy atom. The van der Waals surface area contributed by atoms with Crippen LogP contribution in [0.25, 0.3) is 0 Å². The number of ether oxygens (including phenoxy) is 1. The van der Waals surface area contributed by atoms with E-state index in [-0.39, 0.29) is 12.5 Å². The standard InChI is InChI=1S/C18H16ClNO3/c19-15-6-2-5-14(9-15)18(22)23-11-17(21)20-16-8-7-12-3-1-4-13(12)10-16/h2,5-10H,1,3-4,11H2,(H,20,21).